The molecule has 2 rings (SSSR count). The summed E-state index contributed by atoms with van der Waals surface area (Å²) in [6, 6.07) is 12.2. The molecule has 0 aliphatic heterocycles. The van der Waals surface area contributed by atoms with E-state index in [1.165, 1.54) is 0 Å². The summed E-state index contributed by atoms with van der Waals surface area (Å²) < 4.78 is 5.77. The van der Waals surface area contributed by atoms with Crippen LogP contribution in [-0.2, 0) is 5.54 Å². The van der Waals surface area contributed by atoms with Crippen LogP contribution in [0.3, 0.4) is 0 Å². The molecule has 3 nitrogen and oxygen atoms in total. The zero-order chi connectivity index (χ0) is 16.2. The first kappa shape index (κ1) is 16.5. The van der Waals surface area contributed by atoms with Crippen molar-refractivity contribution in [2.24, 2.45) is 5.73 Å². The highest BCUT2D eigenvalue weighted by Gasteiger charge is 2.17. The van der Waals surface area contributed by atoms with Crippen molar-refractivity contribution < 1.29 is 4.74 Å². The van der Waals surface area contributed by atoms with E-state index in [1.54, 1.807) is 0 Å². The van der Waals surface area contributed by atoms with Crippen LogP contribution >= 0.6 is 0 Å². The topological polar surface area (TPSA) is 48.1 Å². The Kier molecular flexibility index (Phi) is 5.19. The number of ether oxygens (including phenoxy) is 1. The van der Waals surface area contributed by atoms with Crippen molar-refractivity contribution in [3.8, 4) is 17.0 Å². The molecule has 22 heavy (non-hydrogen) atoms. The highest BCUT2D eigenvalue weighted by molar-refractivity contribution is 5.62. The first-order chi connectivity index (χ1) is 10.4. The number of rotatable bonds is 6. The third kappa shape index (κ3) is 4.08. The van der Waals surface area contributed by atoms with E-state index in [0.29, 0.717) is 0 Å². The van der Waals surface area contributed by atoms with Crippen LogP contribution in [0, 0.1) is 6.92 Å². The van der Waals surface area contributed by atoms with Crippen molar-refractivity contribution in [2.45, 2.75) is 46.1 Å². The van der Waals surface area contributed by atoms with Gasteiger partial charge in [0.1, 0.15) is 5.75 Å². The van der Waals surface area contributed by atoms with Crippen LogP contribution in [0.4, 0.5) is 0 Å². The van der Waals surface area contributed by atoms with Crippen LogP contribution in [0.5, 0.6) is 5.75 Å². The predicted octanol–water partition coefficient (Wildman–Crippen LogP) is 4.43. The number of nitrogens with two attached hydrogens (primary N) is 1. The van der Waals surface area contributed by atoms with E-state index >= 15 is 0 Å². The van der Waals surface area contributed by atoms with Gasteiger partial charge in [0.25, 0.3) is 0 Å². The first-order valence-corrected chi connectivity index (χ1v) is 7.92. The molecule has 1 heterocycles. The van der Waals surface area contributed by atoms with Crippen LogP contribution < -0.4 is 10.5 Å². The number of aryl methyl sites for hydroxylation is 1. The van der Waals surface area contributed by atoms with Crippen molar-refractivity contribution in [3.05, 3.63) is 47.7 Å². The van der Waals surface area contributed by atoms with Gasteiger partial charge in [-0.05, 0) is 51.0 Å². The number of unbranched alkanes of at least 4 members (excludes halogenated alkanes) is 1. The Hall–Kier alpha value is -1.87. The maximum absolute atomic E-state index is 6.18. The highest BCUT2D eigenvalue weighted by Crippen LogP contribution is 2.26. The molecule has 2 N–H and O–H groups in total. The molecule has 0 amide bonds. The number of benzene rings is 1. The lowest BCUT2D eigenvalue weighted by Crippen LogP contribution is -2.29. The lowest BCUT2D eigenvalue weighted by Gasteiger charge is -2.21. The standard InChI is InChI=1S/C19H26N2O/c1-5-6-12-22-16-9-7-8-15(13-16)18-11-10-17(14(2)21-18)19(3,4)20/h7-11,13H,5-6,12,20H2,1-4H3. The van der Waals surface area contributed by atoms with Crippen LogP contribution in [0.1, 0.15) is 44.9 Å². The molecule has 0 fully saturated rings. The Morgan fingerprint density at radius 2 is 1.95 bits per heavy atom. The summed E-state index contributed by atoms with van der Waals surface area (Å²) in [5.74, 6) is 0.897. The Morgan fingerprint density at radius 3 is 2.59 bits per heavy atom. The van der Waals surface area contributed by atoms with E-state index in [-0.39, 0.29) is 5.54 Å². The van der Waals surface area contributed by atoms with Gasteiger partial charge in [0.05, 0.1) is 12.3 Å². The Labute approximate surface area is 133 Å². The molecule has 1 aromatic heterocycles. The molecule has 1 aromatic carbocycles. The zero-order valence-electron chi connectivity index (χ0n) is 14.0. The van der Waals surface area contributed by atoms with Gasteiger partial charge in [-0.25, -0.2) is 0 Å². The summed E-state index contributed by atoms with van der Waals surface area (Å²) in [4.78, 5) is 4.71. The summed E-state index contributed by atoms with van der Waals surface area (Å²) in [7, 11) is 0. The summed E-state index contributed by atoms with van der Waals surface area (Å²) in [6.45, 7) is 8.92. The number of aromatic nitrogens is 1. The molecule has 0 bridgehead atoms. The molecule has 0 radical (unpaired) electrons. The summed E-state index contributed by atoms with van der Waals surface area (Å²) in [5.41, 5.74) is 9.87. The Morgan fingerprint density at radius 1 is 1.18 bits per heavy atom. The average Bonchev–Trinajstić information content (AvgIpc) is 2.46. The fourth-order valence-electron chi connectivity index (χ4n) is 2.48. The molecule has 0 aliphatic rings. The van der Waals surface area contributed by atoms with Gasteiger partial charge >= 0.3 is 0 Å². The number of hydrogen-bond acceptors (Lipinski definition) is 3. The minimum Gasteiger partial charge on any atom is -0.494 e. The maximum atomic E-state index is 6.18. The summed E-state index contributed by atoms with van der Waals surface area (Å²) >= 11 is 0. The summed E-state index contributed by atoms with van der Waals surface area (Å²) in [6.07, 6.45) is 2.21. The Bertz CT molecular complexity index is 630. The molecule has 3 heteroatoms. The van der Waals surface area contributed by atoms with Crippen molar-refractivity contribution in [3.63, 3.8) is 0 Å². The van der Waals surface area contributed by atoms with E-state index in [9.17, 15) is 0 Å². The largest absolute Gasteiger partial charge is 0.494 e. The molecule has 0 saturated carbocycles. The van der Waals surface area contributed by atoms with Crippen molar-refractivity contribution >= 4 is 0 Å². The second kappa shape index (κ2) is 6.93. The summed E-state index contributed by atoms with van der Waals surface area (Å²) in [5, 5.41) is 0. The van der Waals surface area contributed by atoms with Gasteiger partial charge < -0.3 is 10.5 Å². The fraction of sp³-hybridized carbons (Fsp3) is 0.421. The number of hydrogen-bond donors (Lipinski definition) is 1. The second-order valence-corrected chi connectivity index (χ2v) is 6.28. The molecule has 0 saturated heterocycles. The van der Waals surface area contributed by atoms with Gasteiger partial charge in [-0.1, -0.05) is 31.5 Å². The van der Waals surface area contributed by atoms with Gasteiger partial charge in [-0.15, -0.1) is 0 Å². The normalized spacial score (nSPS) is 11.5. The van der Waals surface area contributed by atoms with E-state index < -0.39 is 0 Å². The quantitative estimate of drug-likeness (QED) is 0.803. The molecule has 2 aromatic rings. The maximum Gasteiger partial charge on any atom is 0.119 e. The minimum absolute atomic E-state index is 0.374. The predicted molar refractivity (Wildman–Crippen MR) is 92.0 cm³/mol. The molecule has 0 atom stereocenters. The molecule has 0 spiro atoms. The van der Waals surface area contributed by atoms with E-state index in [0.717, 1.165) is 47.7 Å². The van der Waals surface area contributed by atoms with Crippen LogP contribution in [0.2, 0.25) is 0 Å². The van der Waals surface area contributed by atoms with Gasteiger partial charge in [0, 0.05) is 16.8 Å². The van der Waals surface area contributed by atoms with Crippen molar-refractivity contribution in [2.75, 3.05) is 6.61 Å². The number of pyridine rings is 1. The molecule has 118 valence electrons. The first-order valence-electron chi connectivity index (χ1n) is 7.92. The molecule has 0 aliphatic carbocycles. The monoisotopic (exact) mass is 298 g/mol. The molecular formula is C19H26N2O. The molecular weight excluding hydrogens is 272 g/mol. The van der Waals surface area contributed by atoms with E-state index in [4.69, 9.17) is 15.5 Å². The van der Waals surface area contributed by atoms with E-state index in [1.807, 2.05) is 45.0 Å². The second-order valence-electron chi connectivity index (χ2n) is 6.28. The average molecular weight is 298 g/mol. The van der Waals surface area contributed by atoms with Crippen LogP contribution in [0.15, 0.2) is 36.4 Å². The lowest BCUT2D eigenvalue weighted by molar-refractivity contribution is 0.309. The zero-order valence-corrected chi connectivity index (χ0v) is 14.0. The van der Waals surface area contributed by atoms with Crippen LogP contribution in [-0.4, -0.2) is 11.6 Å². The minimum atomic E-state index is -0.374. The van der Waals surface area contributed by atoms with E-state index in [2.05, 4.69) is 19.1 Å². The third-order valence-corrected chi connectivity index (χ3v) is 3.68. The molecule has 0 unspecified atom stereocenters. The van der Waals surface area contributed by atoms with Crippen LogP contribution in [0.25, 0.3) is 11.3 Å². The fourth-order valence-corrected chi connectivity index (χ4v) is 2.48. The third-order valence-electron chi connectivity index (χ3n) is 3.68. The van der Waals surface area contributed by atoms with Crippen molar-refractivity contribution in [1.82, 2.24) is 4.98 Å². The highest BCUT2D eigenvalue weighted by atomic mass is 16.5. The van der Waals surface area contributed by atoms with Gasteiger partial charge in [0.15, 0.2) is 0 Å². The van der Waals surface area contributed by atoms with Gasteiger partial charge in [0.2, 0.25) is 0 Å². The lowest BCUT2D eigenvalue weighted by atomic mass is 9.93. The number of nitrogens with zero attached hydrogens (tertiary/aromatic N) is 1. The van der Waals surface area contributed by atoms with Gasteiger partial charge in [-0.2, -0.15) is 0 Å². The Balaban J connectivity index is 2.25. The van der Waals surface area contributed by atoms with Gasteiger partial charge in [-0.3, -0.25) is 4.98 Å². The smallest absolute Gasteiger partial charge is 0.119 e. The SMILES string of the molecule is CCCCOc1cccc(-c2ccc(C(C)(C)N)c(C)n2)c1. The van der Waals surface area contributed by atoms with Crippen molar-refractivity contribution in [1.29, 1.82) is 0 Å².